The maximum atomic E-state index is 11.3. The summed E-state index contributed by atoms with van der Waals surface area (Å²) in [7, 11) is 0. The van der Waals surface area contributed by atoms with Crippen molar-refractivity contribution in [1.29, 1.82) is 0 Å². The predicted molar refractivity (Wildman–Crippen MR) is 49.9 cm³/mol. The van der Waals surface area contributed by atoms with E-state index < -0.39 is 5.91 Å². The molecule has 0 aromatic rings. The summed E-state index contributed by atoms with van der Waals surface area (Å²) in [5.74, 6) is -0.668. The Morgan fingerprint density at radius 3 is 2.33 bits per heavy atom. The lowest BCUT2D eigenvalue weighted by molar-refractivity contribution is -0.134. The van der Waals surface area contributed by atoms with Crippen molar-refractivity contribution in [1.82, 2.24) is 4.90 Å². The first-order valence-electron chi connectivity index (χ1n) is 3.74. The molecular formula is C7H14N2O2S. The van der Waals surface area contributed by atoms with Gasteiger partial charge in [-0.05, 0) is 13.8 Å². The van der Waals surface area contributed by atoms with E-state index in [2.05, 4.69) is 12.6 Å². The highest BCUT2D eigenvalue weighted by molar-refractivity contribution is 7.81. The van der Waals surface area contributed by atoms with E-state index in [1.807, 2.05) is 0 Å². The van der Waals surface area contributed by atoms with Crippen molar-refractivity contribution in [3.05, 3.63) is 0 Å². The molecule has 12 heavy (non-hydrogen) atoms. The first-order valence-corrected chi connectivity index (χ1v) is 4.25. The van der Waals surface area contributed by atoms with Crippen LogP contribution in [0, 0.1) is 0 Å². The second-order valence-electron chi connectivity index (χ2n) is 2.49. The minimum absolute atomic E-state index is 0.0275. The van der Waals surface area contributed by atoms with E-state index in [9.17, 15) is 9.59 Å². The fourth-order valence-corrected chi connectivity index (χ4v) is 0.961. The van der Waals surface area contributed by atoms with Gasteiger partial charge < -0.3 is 10.6 Å². The summed E-state index contributed by atoms with van der Waals surface area (Å²) in [6.07, 6.45) is 0. The molecule has 0 aliphatic heterocycles. The second-order valence-corrected chi connectivity index (χ2v) is 3.27. The zero-order valence-electron chi connectivity index (χ0n) is 7.28. The monoisotopic (exact) mass is 190 g/mol. The van der Waals surface area contributed by atoms with Crippen LogP contribution in [0.1, 0.15) is 13.8 Å². The molecule has 1 unspecified atom stereocenters. The highest BCUT2D eigenvalue weighted by Gasteiger charge is 2.17. The summed E-state index contributed by atoms with van der Waals surface area (Å²) in [6.45, 7) is 3.90. The van der Waals surface area contributed by atoms with Crippen LogP contribution >= 0.6 is 12.6 Å². The van der Waals surface area contributed by atoms with Crippen LogP contribution in [0.2, 0.25) is 0 Å². The van der Waals surface area contributed by atoms with Crippen LogP contribution in [-0.2, 0) is 9.59 Å². The number of amides is 2. The van der Waals surface area contributed by atoms with Crippen LogP contribution in [0.3, 0.4) is 0 Å². The number of likely N-dealkylation sites (N-methyl/N-ethyl adjacent to an activating group) is 1. The van der Waals surface area contributed by atoms with Gasteiger partial charge in [0.1, 0.15) is 0 Å². The Labute approximate surface area is 77.5 Å². The van der Waals surface area contributed by atoms with Crippen LogP contribution < -0.4 is 5.73 Å². The van der Waals surface area contributed by atoms with Crippen LogP contribution in [0.4, 0.5) is 0 Å². The van der Waals surface area contributed by atoms with Gasteiger partial charge in [-0.25, -0.2) is 0 Å². The summed E-state index contributed by atoms with van der Waals surface area (Å²) in [6, 6.07) is 0. The molecule has 0 aromatic heterocycles. The van der Waals surface area contributed by atoms with Crippen molar-refractivity contribution in [2.45, 2.75) is 19.1 Å². The molecule has 0 radical (unpaired) electrons. The van der Waals surface area contributed by atoms with Crippen molar-refractivity contribution in [3.8, 4) is 0 Å². The quantitative estimate of drug-likeness (QED) is 0.595. The van der Waals surface area contributed by atoms with Crippen LogP contribution in [-0.4, -0.2) is 35.1 Å². The first-order chi connectivity index (χ1) is 5.49. The van der Waals surface area contributed by atoms with Gasteiger partial charge in [0.15, 0.2) is 0 Å². The number of primary amides is 1. The number of carbonyl (C=O) groups excluding carboxylic acids is 2. The lowest BCUT2D eigenvalue weighted by Gasteiger charge is -2.20. The third-order valence-corrected chi connectivity index (χ3v) is 1.62. The number of nitrogens with zero attached hydrogens (tertiary/aromatic N) is 1. The summed E-state index contributed by atoms with van der Waals surface area (Å²) in [5, 5.41) is -0.385. The molecule has 0 saturated carbocycles. The maximum absolute atomic E-state index is 11.3. The Kier molecular flexibility index (Phi) is 4.73. The lowest BCUT2D eigenvalue weighted by Crippen LogP contribution is -2.41. The Balaban J connectivity index is 4.15. The van der Waals surface area contributed by atoms with Gasteiger partial charge >= 0.3 is 0 Å². The first kappa shape index (κ1) is 11.3. The van der Waals surface area contributed by atoms with Crippen molar-refractivity contribution in [2.75, 3.05) is 13.1 Å². The van der Waals surface area contributed by atoms with Crippen molar-refractivity contribution in [2.24, 2.45) is 5.73 Å². The van der Waals surface area contributed by atoms with Gasteiger partial charge in [0.2, 0.25) is 11.8 Å². The molecule has 5 heteroatoms. The number of thiol groups is 1. The van der Waals surface area contributed by atoms with Crippen molar-refractivity contribution in [3.63, 3.8) is 0 Å². The minimum Gasteiger partial charge on any atom is -0.368 e. The highest BCUT2D eigenvalue weighted by atomic mass is 32.1. The molecule has 0 spiro atoms. The summed E-state index contributed by atoms with van der Waals surface area (Å²) < 4.78 is 0. The van der Waals surface area contributed by atoms with Gasteiger partial charge in [-0.15, -0.1) is 0 Å². The molecule has 0 heterocycles. The molecule has 0 aromatic carbocycles. The molecule has 2 amide bonds. The zero-order chi connectivity index (χ0) is 9.72. The molecular weight excluding hydrogens is 176 g/mol. The highest BCUT2D eigenvalue weighted by Crippen LogP contribution is 1.99. The Hall–Kier alpha value is -0.710. The molecule has 0 aliphatic rings. The topological polar surface area (TPSA) is 63.4 Å². The van der Waals surface area contributed by atoms with Gasteiger partial charge in [0, 0.05) is 6.54 Å². The second kappa shape index (κ2) is 5.03. The van der Waals surface area contributed by atoms with Gasteiger partial charge in [0.05, 0.1) is 11.8 Å². The average Bonchev–Trinajstić information content (AvgIpc) is 1.98. The molecule has 70 valence electrons. The molecule has 0 saturated heterocycles. The van der Waals surface area contributed by atoms with E-state index in [0.29, 0.717) is 6.54 Å². The van der Waals surface area contributed by atoms with Gasteiger partial charge in [-0.1, -0.05) is 0 Å². The molecule has 0 fully saturated rings. The van der Waals surface area contributed by atoms with Gasteiger partial charge in [0.25, 0.3) is 0 Å². The molecule has 1 atom stereocenters. The summed E-state index contributed by atoms with van der Waals surface area (Å²) >= 11 is 3.97. The van der Waals surface area contributed by atoms with Crippen LogP contribution in [0.5, 0.6) is 0 Å². The zero-order valence-corrected chi connectivity index (χ0v) is 8.17. The number of hydrogen-bond donors (Lipinski definition) is 2. The smallest absolute Gasteiger partial charge is 0.237 e. The van der Waals surface area contributed by atoms with Crippen molar-refractivity contribution >= 4 is 24.4 Å². The average molecular weight is 190 g/mol. The Bertz CT molecular complexity index is 182. The molecule has 4 nitrogen and oxygen atoms in total. The fraction of sp³-hybridized carbons (Fsp3) is 0.714. The SMILES string of the molecule is CCN(CC(N)=O)C(=O)C(C)S. The fourth-order valence-electron chi connectivity index (χ4n) is 0.798. The predicted octanol–water partition coefficient (Wildman–Crippen LogP) is -0.362. The number of rotatable bonds is 4. The normalized spacial score (nSPS) is 12.2. The van der Waals surface area contributed by atoms with Crippen LogP contribution in [0.25, 0.3) is 0 Å². The molecule has 2 N–H and O–H groups in total. The molecule has 0 aliphatic carbocycles. The van der Waals surface area contributed by atoms with E-state index in [1.54, 1.807) is 13.8 Å². The van der Waals surface area contributed by atoms with Gasteiger partial charge in [-0.2, -0.15) is 12.6 Å². The third-order valence-electron chi connectivity index (χ3n) is 1.40. The number of nitrogens with two attached hydrogens (primary N) is 1. The van der Waals surface area contributed by atoms with Gasteiger partial charge in [-0.3, -0.25) is 9.59 Å². The van der Waals surface area contributed by atoms with Crippen LogP contribution in [0.15, 0.2) is 0 Å². The molecule has 0 bridgehead atoms. The minimum atomic E-state index is -0.501. The largest absolute Gasteiger partial charge is 0.368 e. The summed E-state index contributed by atoms with van der Waals surface area (Å²) in [5.41, 5.74) is 4.95. The Morgan fingerprint density at radius 1 is 1.58 bits per heavy atom. The summed E-state index contributed by atoms with van der Waals surface area (Å²) in [4.78, 5) is 23.1. The lowest BCUT2D eigenvalue weighted by atomic mass is 10.3. The molecule has 0 rings (SSSR count). The standard InChI is InChI=1S/C7H14N2O2S/c1-3-9(4-6(8)10)7(11)5(2)12/h5,12H,3-4H2,1-2H3,(H2,8,10). The Morgan fingerprint density at radius 2 is 2.08 bits per heavy atom. The van der Waals surface area contributed by atoms with E-state index in [4.69, 9.17) is 5.73 Å². The number of carbonyl (C=O) groups is 2. The number of hydrogen-bond acceptors (Lipinski definition) is 3. The van der Waals surface area contributed by atoms with E-state index in [-0.39, 0.29) is 17.7 Å². The third kappa shape index (κ3) is 3.61. The van der Waals surface area contributed by atoms with E-state index in [0.717, 1.165) is 0 Å². The van der Waals surface area contributed by atoms with Crippen molar-refractivity contribution < 1.29 is 9.59 Å². The van der Waals surface area contributed by atoms with E-state index >= 15 is 0 Å². The van der Waals surface area contributed by atoms with E-state index in [1.165, 1.54) is 4.90 Å². The maximum Gasteiger partial charge on any atom is 0.237 e.